The molecule has 0 bridgehead atoms. The molecule has 1 aromatic rings. The smallest absolute Gasteiger partial charge is 0.225 e. The van der Waals surface area contributed by atoms with Gasteiger partial charge >= 0.3 is 0 Å². The molecule has 1 atom stereocenters. The second-order valence-corrected chi connectivity index (χ2v) is 4.86. The molecular formula is C14H19NO. The fourth-order valence-electron chi connectivity index (χ4n) is 2.50. The third-order valence-electron chi connectivity index (χ3n) is 3.41. The highest BCUT2D eigenvalue weighted by molar-refractivity contribution is 5.78. The molecular weight excluding hydrogens is 198 g/mol. The molecule has 2 heteroatoms. The van der Waals surface area contributed by atoms with E-state index < -0.39 is 0 Å². The summed E-state index contributed by atoms with van der Waals surface area (Å²) >= 11 is 0. The van der Waals surface area contributed by atoms with Gasteiger partial charge in [0.1, 0.15) is 0 Å². The first-order valence-corrected chi connectivity index (χ1v) is 5.95. The maximum absolute atomic E-state index is 12.0. The Bertz CT molecular complexity index is 397. The number of aryl methyl sites for hydroxylation is 1. The van der Waals surface area contributed by atoms with Crippen molar-refractivity contribution >= 4 is 5.91 Å². The minimum Gasteiger partial charge on any atom is -0.338 e. The molecule has 0 saturated carbocycles. The summed E-state index contributed by atoms with van der Waals surface area (Å²) in [4.78, 5) is 13.9. The Morgan fingerprint density at radius 2 is 2.06 bits per heavy atom. The van der Waals surface area contributed by atoms with E-state index in [1.165, 1.54) is 11.1 Å². The summed E-state index contributed by atoms with van der Waals surface area (Å²) in [7, 11) is 1.93. The molecule has 1 aliphatic rings. The minimum absolute atomic E-state index is 0.0813. The van der Waals surface area contributed by atoms with Gasteiger partial charge in [-0.1, -0.05) is 38.1 Å². The van der Waals surface area contributed by atoms with E-state index in [1.54, 1.807) is 0 Å². The zero-order chi connectivity index (χ0) is 11.7. The van der Waals surface area contributed by atoms with Crippen LogP contribution in [0.3, 0.4) is 0 Å². The van der Waals surface area contributed by atoms with Gasteiger partial charge in [0.15, 0.2) is 0 Å². The summed E-state index contributed by atoms with van der Waals surface area (Å²) < 4.78 is 0. The molecule has 0 spiro atoms. The number of nitrogens with zero attached hydrogens (tertiary/aromatic N) is 1. The van der Waals surface area contributed by atoms with Crippen molar-refractivity contribution in [3.05, 3.63) is 35.4 Å². The van der Waals surface area contributed by atoms with Crippen LogP contribution in [-0.4, -0.2) is 17.9 Å². The first-order valence-electron chi connectivity index (χ1n) is 5.95. The summed E-state index contributed by atoms with van der Waals surface area (Å²) in [6.45, 7) is 3.92. The summed E-state index contributed by atoms with van der Waals surface area (Å²) in [5.74, 6) is 0.319. The van der Waals surface area contributed by atoms with Gasteiger partial charge in [-0.15, -0.1) is 0 Å². The number of carbonyl (C=O) groups excluding carboxylic acids is 1. The van der Waals surface area contributed by atoms with Crippen molar-refractivity contribution in [2.45, 2.75) is 32.7 Å². The van der Waals surface area contributed by atoms with Crippen molar-refractivity contribution in [2.75, 3.05) is 7.05 Å². The van der Waals surface area contributed by atoms with Crippen molar-refractivity contribution in [3.63, 3.8) is 0 Å². The number of hydrogen-bond donors (Lipinski definition) is 0. The van der Waals surface area contributed by atoms with E-state index in [2.05, 4.69) is 24.3 Å². The lowest BCUT2D eigenvalue weighted by Crippen LogP contribution is -2.33. The highest BCUT2D eigenvalue weighted by Gasteiger charge is 2.28. The summed E-state index contributed by atoms with van der Waals surface area (Å²) in [6.07, 6.45) is 2.16. The normalized spacial score (nSPS) is 18.6. The summed E-state index contributed by atoms with van der Waals surface area (Å²) in [5.41, 5.74) is 2.73. The van der Waals surface area contributed by atoms with Crippen molar-refractivity contribution in [1.29, 1.82) is 0 Å². The van der Waals surface area contributed by atoms with Crippen molar-refractivity contribution in [1.82, 2.24) is 4.90 Å². The predicted octanol–water partition coefficient (Wildman–Crippen LogP) is 2.79. The number of benzene rings is 1. The molecule has 1 unspecified atom stereocenters. The number of carbonyl (C=O) groups is 1. The molecule has 86 valence electrons. The first kappa shape index (κ1) is 11.2. The monoisotopic (exact) mass is 217 g/mol. The van der Waals surface area contributed by atoms with Crippen LogP contribution in [0.15, 0.2) is 24.3 Å². The SMILES string of the molecule is CC(C)C(=O)N(C)C1CCc2ccccc21. The van der Waals surface area contributed by atoms with Crippen LogP contribution in [0.25, 0.3) is 0 Å². The van der Waals surface area contributed by atoms with Crippen LogP contribution >= 0.6 is 0 Å². The summed E-state index contributed by atoms with van der Waals surface area (Å²) in [6, 6.07) is 8.74. The topological polar surface area (TPSA) is 20.3 Å². The average molecular weight is 217 g/mol. The zero-order valence-corrected chi connectivity index (χ0v) is 10.2. The van der Waals surface area contributed by atoms with Crippen LogP contribution in [0.1, 0.15) is 37.4 Å². The minimum atomic E-state index is 0.0813. The van der Waals surface area contributed by atoms with Crippen molar-refractivity contribution in [2.24, 2.45) is 5.92 Å². The number of fused-ring (bicyclic) bond motifs is 1. The van der Waals surface area contributed by atoms with Gasteiger partial charge < -0.3 is 4.90 Å². The Hall–Kier alpha value is -1.31. The van der Waals surface area contributed by atoms with E-state index >= 15 is 0 Å². The molecule has 2 rings (SSSR count). The van der Waals surface area contributed by atoms with Crippen LogP contribution in [0.4, 0.5) is 0 Å². The second kappa shape index (κ2) is 4.28. The molecule has 0 aliphatic heterocycles. The fourth-order valence-corrected chi connectivity index (χ4v) is 2.50. The van der Waals surface area contributed by atoms with Gasteiger partial charge in [0.2, 0.25) is 5.91 Å². The molecule has 0 saturated heterocycles. The number of amides is 1. The van der Waals surface area contributed by atoms with E-state index in [9.17, 15) is 4.79 Å². The second-order valence-electron chi connectivity index (χ2n) is 4.86. The van der Waals surface area contributed by atoms with E-state index in [-0.39, 0.29) is 17.9 Å². The van der Waals surface area contributed by atoms with E-state index in [1.807, 2.05) is 25.8 Å². The Morgan fingerprint density at radius 3 is 2.75 bits per heavy atom. The third-order valence-corrected chi connectivity index (χ3v) is 3.41. The molecule has 1 amide bonds. The van der Waals surface area contributed by atoms with Crippen LogP contribution in [0, 0.1) is 5.92 Å². The molecule has 1 aromatic carbocycles. The Morgan fingerprint density at radius 1 is 1.38 bits per heavy atom. The van der Waals surface area contributed by atoms with Gasteiger partial charge in [0, 0.05) is 13.0 Å². The molecule has 1 aliphatic carbocycles. The van der Waals surface area contributed by atoms with E-state index in [0.29, 0.717) is 0 Å². The number of hydrogen-bond acceptors (Lipinski definition) is 1. The zero-order valence-electron chi connectivity index (χ0n) is 10.2. The van der Waals surface area contributed by atoms with Crippen LogP contribution in [-0.2, 0) is 11.2 Å². The molecule has 2 nitrogen and oxygen atoms in total. The predicted molar refractivity (Wildman–Crippen MR) is 65.1 cm³/mol. The molecule has 16 heavy (non-hydrogen) atoms. The molecule has 0 aromatic heterocycles. The molecule has 0 heterocycles. The number of rotatable bonds is 2. The standard InChI is InChI=1S/C14H19NO/c1-10(2)14(16)15(3)13-9-8-11-6-4-5-7-12(11)13/h4-7,10,13H,8-9H2,1-3H3. The van der Waals surface area contributed by atoms with Gasteiger partial charge in [0.25, 0.3) is 0 Å². The van der Waals surface area contributed by atoms with Gasteiger partial charge in [-0.25, -0.2) is 0 Å². The Kier molecular flexibility index (Phi) is 2.99. The Labute approximate surface area is 97.3 Å². The van der Waals surface area contributed by atoms with Crippen molar-refractivity contribution < 1.29 is 4.79 Å². The average Bonchev–Trinajstić information content (AvgIpc) is 2.70. The van der Waals surface area contributed by atoms with Gasteiger partial charge in [-0.05, 0) is 24.0 Å². The van der Waals surface area contributed by atoms with E-state index in [0.717, 1.165) is 12.8 Å². The van der Waals surface area contributed by atoms with Crippen LogP contribution < -0.4 is 0 Å². The van der Waals surface area contributed by atoms with Crippen LogP contribution in [0.2, 0.25) is 0 Å². The quantitative estimate of drug-likeness (QED) is 0.746. The molecule has 0 N–H and O–H groups in total. The van der Waals surface area contributed by atoms with Crippen molar-refractivity contribution in [3.8, 4) is 0 Å². The maximum Gasteiger partial charge on any atom is 0.225 e. The fraction of sp³-hybridized carbons (Fsp3) is 0.500. The lowest BCUT2D eigenvalue weighted by molar-refractivity contribution is -0.135. The lowest BCUT2D eigenvalue weighted by Gasteiger charge is -2.27. The van der Waals surface area contributed by atoms with E-state index in [4.69, 9.17) is 0 Å². The Balaban J connectivity index is 2.22. The lowest BCUT2D eigenvalue weighted by atomic mass is 10.1. The highest BCUT2D eigenvalue weighted by Crippen LogP contribution is 2.35. The largest absolute Gasteiger partial charge is 0.338 e. The third kappa shape index (κ3) is 1.84. The first-order chi connectivity index (χ1) is 7.61. The maximum atomic E-state index is 12.0. The molecule has 0 fully saturated rings. The summed E-state index contributed by atoms with van der Waals surface area (Å²) in [5, 5.41) is 0. The highest BCUT2D eigenvalue weighted by atomic mass is 16.2. The van der Waals surface area contributed by atoms with Gasteiger partial charge in [0.05, 0.1) is 6.04 Å². The molecule has 0 radical (unpaired) electrons. The van der Waals surface area contributed by atoms with Crippen LogP contribution in [0.5, 0.6) is 0 Å². The van der Waals surface area contributed by atoms with Gasteiger partial charge in [-0.2, -0.15) is 0 Å². The van der Waals surface area contributed by atoms with Gasteiger partial charge in [-0.3, -0.25) is 4.79 Å².